The Kier molecular flexibility index (Phi) is 5.40. The average Bonchev–Trinajstić information content (AvgIpc) is 3.18. The van der Waals surface area contributed by atoms with Gasteiger partial charge in [-0.05, 0) is 51.0 Å². The number of aryl methyl sites for hydroxylation is 3. The van der Waals surface area contributed by atoms with E-state index in [9.17, 15) is 14.4 Å². The van der Waals surface area contributed by atoms with Crippen LogP contribution in [0, 0.1) is 31.0 Å². The van der Waals surface area contributed by atoms with Gasteiger partial charge in [0.2, 0.25) is 0 Å². The lowest BCUT2D eigenvalue weighted by molar-refractivity contribution is 0.0951. The van der Waals surface area contributed by atoms with Crippen LogP contribution in [0.4, 0.5) is 10.2 Å². The third-order valence-electron chi connectivity index (χ3n) is 4.31. The second-order valence-electron chi connectivity index (χ2n) is 6.27. The molecule has 3 N–H and O–H groups in total. The molecule has 0 aliphatic heterocycles. The number of aromatic nitrogens is 3. The van der Waals surface area contributed by atoms with E-state index in [4.69, 9.17) is 10.3 Å². The number of benzene rings is 1. The SMILES string of the molecule is Cc1noc(C)c1C(=O)NCCCc1nn(-c2ccc(F)cc2)c(N)c1C#N. The fourth-order valence-corrected chi connectivity index (χ4v) is 2.91. The van der Waals surface area contributed by atoms with Crippen molar-refractivity contribution in [2.75, 3.05) is 12.3 Å². The smallest absolute Gasteiger partial charge is 0.256 e. The van der Waals surface area contributed by atoms with Gasteiger partial charge in [0.1, 0.15) is 34.6 Å². The van der Waals surface area contributed by atoms with Gasteiger partial charge in [-0.1, -0.05) is 5.16 Å². The minimum Gasteiger partial charge on any atom is -0.382 e. The Morgan fingerprint density at radius 3 is 2.68 bits per heavy atom. The minimum absolute atomic E-state index is 0.198. The topological polar surface area (TPSA) is 123 Å². The van der Waals surface area contributed by atoms with Gasteiger partial charge in [-0.15, -0.1) is 0 Å². The van der Waals surface area contributed by atoms with E-state index < -0.39 is 0 Å². The number of carbonyl (C=O) groups is 1. The first kappa shape index (κ1) is 19.1. The Morgan fingerprint density at radius 1 is 1.36 bits per heavy atom. The van der Waals surface area contributed by atoms with E-state index in [1.54, 1.807) is 13.8 Å². The zero-order valence-electron chi connectivity index (χ0n) is 15.5. The molecule has 2 heterocycles. The molecule has 0 fully saturated rings. The summed E-state index contributed by atoms with van der Waals surface area (Å²) in [7, 11) is 0. The zero-order chi connectivity index (χ0) is 20.3. The number of nitrogens with two attached hydrogens (primary N) is 1. The van der Waals surface area contributed by atoms with E-state index in [0.717, 1.165) is 0 Å². The molecule has 0 bridgehead atoms. The standard InChI is InChI=1S/C19H19FN6O2/c1-11-17(12(2)28-25-11)19(27)23-9-3-4-16-15(10-21)18(22)26(24-16)14-7-5-13(20)6-8-14/h5-8H,3-4,9,22H2,1-2H3,(H,23,27). The van der Waals surface area contributed by atoms with Crippen molar-refractivity contribution in [2.24, 2.45) is 0 Å². The predicted molar refractivity (Wildman–Crippen MR) is 99.3 cm³/mol. The molecule has 8 nitrogen and oxygen atoms in total. The number of rotatable bonds is 6. The average molecular weight is 382 g/mol. The summed E-state index contributed by atoms with van der Waals surface area (Å²) in [5, 5.41) is 20.4. The second-order valence-corrected chi connectivity index (χ2v) is 6.27. The van der Waals surface area contributed by atoms with Gasteiger partial charge >= 0.3 is 0 Å². The van der Waals surface area contributed by atoms with Gasteiger partial charge in [0.15, 0.2) is 0 Å². The fraction of sp³-hybridized carbons (Fsp3) is 0.263. The maximum Gasteiger partial charge on any atom is 0.256 e. The van der Waals surface area contributed by atoms with Gasteiger partial charge in [0.05, 0.1) is 17.1 Å². The van der Waals surface area contributed by atoms with E-state index in [1.807, 2.05) is 0 Å². The Morgan fingerprint density at radius 2 is 2.07 bits per heavy atom. The molecule has 3 rings (SSSR count). The Hall–Kier alpha value is -3.67. The number of amides is 1. The quantitative estimate of drug-likeness (QED) is 0.631. The molecule has 0 radical (unpaired) electrons. The van der Waals surface area contributed by atoms with Crippen LogP contribution < -0.4 is 11.1 Å². The Bertz CT molecular complexity index is 1030. The van der Waals surface area contributed by atoms with Crippen molar-refractivity contribution >= 4 is 11.7 Å². The predicted octanol–water partition coefficient (Wildman–Crippen LogP) is 2.43. The van der Waals surface area contributed by atoms with E-state index in [1.165, 1.54) is 28.9 Å². The lowest BCUT2D eigenvalue weighted by atomic mass is 10.1. The normalized spacial score (nSPS) is 10.6. The Balaban J connectivity index is 1.66. The number of anilines is 1. The highest BCUT2D eigenvalue weighted by Gasteiger charge is 2.18. The monoisotopic (exact) mass is 382 g/mol. The number of nitrogens with one attached hydrogen (secondary N) is 1. The first-order chi connectivity index (χ1) is 13.4. The van der Waals surface area contributed by atoms with E-state index in [0.29, 0.717) is 47.8 Å². The summed E-state index contributed by atoms with van der Waals surface area (Å²) >= 11 is 0. The van der Waals surface area contributed by atoms with Crippen LogP contribution in [-0.2, 0) is 6.42 Å². The molecule has 3 aromatic rings. The van der Waals surface area contributed by atoms with Crippen LogP contribution in [0.2, 0.25) is 0 Å². The molecule has 0 atom stereocenters. The molecule has 9 heteroatoms. The van der Waals surface area contributed by atoms with Crippen LogP contribution in [0.15, 0.2) is 28.8 Å². The molecule has 0 aliphatic carbocycles. The van der Waals surface area contributed by atoms with E-state index in [2.05, 4.69) is 21.6 Å². The van der Waals surface area contributed by atoms with Crippen molar-refractivity contribution in [1.82, 2.24) is 20.3 Å². The highest BCUT2D eigenvalue weighted by atomic mass is 19.1. The number of nitriles is 1. The molecule has 1 amide bonds. The Labute approximate surface area is 160 Å². The van der Waals surface area contributed by atoms with Crippen LogP contribution in [0.3, 0.4) is 0 Å². The third-order valence-corrected chi connectivity index (χ3v) is 4.31. The summed E-state index contributed by atoms with van der Waals surface area (Å²) in [6, 6.07) is 7.73. The number of hydrogen-bond acceptors (Lipinski definition) is 6. The van der Waals surface area contributed by atoms with Gasteiger partial charge in [0.25, 0.3) is 5.91 Å². The van der Waals surface area contributed by atoms with Crippen molar-refractivity contribution in [3.8, 4) is 11.8 Å². The van der Waals surface area contributed by atoms with Crippen LogP contribution in [0.5, 0.6) is 0 Å². The maximum absolute atomic E-state index is 13.1. The number of carbonyl (C=O) groups excluding carboxylic acids is 1. The van der Waals surface area contributed by atoms with Gasteiger partial charge in [0, 0.05) is 6.54 Å². The molecular weight excluding hydrogens is 363 g/mol. The molecule has 28 heavy (non-hydrogen) atoms. The lowest BCUT2D eigenvalue weighted by Gasteiger charge is -2.04. The van der Waals surface area contributed by atoms with Crippen molar-refractivity contribution < 1.29 is 13.7 Å². The molecule has 0 saturated carbocycles. The number of halogens is 1. The summed E-state index contributed by atoms with van der Waals surface area (Å²) in [4.78, 5) is 12.2. The van der Waals surface area contributed by atoms with E-state index >= 15 is 0 Å². The molecule has 0 saturated heterocycles. The van der Waals surface area contributed by atoms with Gasteiger partial charge in [-0.2, -0.15) is 10.4 Å². The summed E-state index contributed by atoms with van der Waals surface area (Å²) in [6.07, 6.45) is 1.01. The third kappa shape index (κ3) is 3.71. The molecule has 144 valence electrons. The van der Waals surface area contributed by atoms with Crippen LogP contribution in [0.1, 0.15) is 39.5 Å². The molecular formula is C19H19FN6O2. The van der Waals surface area contributed by atoms with Crippen molar-refractivity contribution in [3.63, 3.8) is 0 Å². The first-order valence-electron chi connectivity index (χ1n) is 8.66. The summed E-state index contributed by atoms with van der Waals surface area (Å²) < 4.78 is 19.5. The lowest BCUT2D eigenvalue weighted by Crippen LogP contribution is -2.25. The minimum atomic E-state index is -0.371. The van der Waals surface area contributed by atoms with E-state index in [-0.39, 0.29) is 23.1 Å². The molecule has 0 spiro atoms. The summed E-state index contributed by atoms with van der Waals surface area (Å²) in [5.74, 6) is 0.0359. The first-order valence-corrected chi connectivity index (χ1v) is 8.66. The van der Waals surface area contributed by atoms with Crippen molar-refractivity contribution in [1.29, 1.82) is 5.26 Å². The van der Waals surface area contributed by atoms with Gasteiger partial charge < -0.3 is 15.6 Å². The maximum atomic E-state index is 13.1. The highest BCUT2D eigenvalue weighted by Crippen LogP contribution is 2.21. The van der Waals surface area contributed by atoms with Gasteiger partial charge in [-0.25, -0.2) is 9.07 Å². The van der Waals surface area contributed by atoms with Gasteiger partial charge in [-0.3, -0.25) is 4.79 Å². The number of nitrogen functional groups attached to an aromatic ring is 1. The molecule has 2 aromatic heterocycles. The number of nitrogens with zero attached hydrogens (tertiary/aromatic N) is 4. The van der Waals surface area contributed by atoms with Crippen LogP contribution >= 0.6 is 0 Å². The largest absolute Gasteiger partial charge is 0.382 e. The fourth-order valence-electron chi connectivity index (χ4n) is 2.91. The van der Waals surface area contributed by atoms with Crippen molar-refractivity contribution in [2.45, 2.75) is 26.7 Å². The molecule has 0 unspecified atom stereocenters. The molecule has 1 aromatic carbocycles. The van der Waals surface area contributed by atoms with Crippen molar-refractivity contribution in [3.05, 3.63) is 58.4 Å². The molecule has 0 aliphatic rings. The zero-order valence-corrected chi connectivity index (χ0v) is 15.5. The van der Waals surface area contributed by atoms with Crippen LogP contribution in [0.25, 0.3) is 5.69 Å². The van der Waals surface area contributed by atoms with Crippen LogP contribution in [-0.4, -0.2) is 27.4 Å². The number of hydrogen-bond donors (Lipinski definition) is 2. The summed E-state index contributed by atoms with van der Waals surface area (Å²) in [6.45, 7) is 3.77. The second kappa shape index (κ2) is 7.92. The summed E-state index contributed by atoms with van der Waals surface area (Å²) in [5.41, 5.74) is 8.37. The highest BCUT2D eigenvalue weighted by molar-refractivity contribution is 5.96.